The van der Waals surface area contributed by atoms with Crippen molar-refractivity contribution in [3.8, 4) is 0 Å². The zero-order valence-electron chi connectivity index (χ0n) is 9.84. The van der Waals surface area contributed by atoms with E-state index in [4.69, 9.17) is 0 Å². The maximum absolute atomic E-state index is 10.0. The summed E-state index contributed by atoms with van der Waals surface area (Å²) in [7, 11) is 0. The van der Waals surface area contributed by atoms with Crippen LogP contribution >= 0.6 is 0 Å². The van der Waals surface area contributed by atoms with E-state index in [2.05, 4.69) is 19.2 Å². The van der Waals surface area contributed by atoms with Gasteiger partial charge in [0.05, 0.1) is 5.60 Å². The van der Waals surface area contributed by atoms with Gasteiger partial charge in [-0.2, -0.15) is 0 Å². The third-order valence-electron chi connectivity index (χ3n) is 3.63. The lowest BCUT2D eigenvalue weighted by Gasteiger charge is -2.28. The molecule has 0 spiro atoms. The fraction of sp³-hybridized carbons (Fsp3) is 1.00. The van der Waals surface area contributed by atoms with Crippen molar-refractivity contribution in [2.24, 2.45) is 11.8 Å². The second-order valence-electron chi connectivity index (χ2n) is 5.29. The van der Waals surface area contributed by atoms with Crippen LogP contribution in [-0.2, 0) is 0 Å². The highest BCUT2D eigenvalue weighted by atomic mass is 16.3. The monoisotopic (exact) mass is 199 g/mol. The van der Waals surface area contributed by atoms with Crippen molar-refractivity contribution in [3.05, 3.63) is 0 Å². The number of rotatable bonds is 5. The van der Waals surface area contributed by atoms with Gasteiger partial charge in [-0.05, 0) is 38.1 Å². The molecule has 84 valence electrons. The number of nitrogens with one attached hydrogen (secondary N) is 1. The zero-order valence-corrected chi connectivity index (χ0v) is 9.84. The van der Waals surface area contributed by atoms with Gasteiger partial charge in [0.1, 0.15) is 0 Å². The average molecular weight is 199 g/mol. The quantitative estimate of drug-likeness (QED) is 0.711. The molecule has 2 N–H and O–H groups in total. The van der Waals surface area contributed by atoms with Crippen molar-refractivity contribution >= 4 is 0 Å². The maximum atomic E-state index is 10.0. The Kier molecular flexibility index (Phi) is 4.39. The highest BCUT2D eigenvalue weighted by Crippen LogP contribution is 2.24. The molecule has 1 unspecified atom stereocenters. The van der Waals surface area contributed by atoms with Gasteiger partial charge in [-0.1, -0.05) is 26.7 Å². The first-order valence-corrected chi connectivity index (χ1v) is 5.95. The Morgan fingerprint density at radius 3 is 2.43 bits per heavy atom. The highest BCUT2D eigenvalue weighted by molar-refractivity contribution is 4.80. The summed E-state index contributed by atoms with van der Waals surface area (Å²) in [5.41, 5.74) is -0.557. The first-order valence-electron chi connectivity index (χ1n) is 5.95. The second kappa shape index (κ2) is 5.13. The van der Waals surface area contributed by atoms with E-state index < -0.39 is 5.60 Å². The summed E-state index contributed by atoms with van der Waals surface area (Å²) in [6, 6.07) is 0. The molecular weight excluding hydrogens is 174 g/mol. The third kappa shape index (κ3) is 3.58. The Bertz CT molecular complexity index is 160. The van der Waals surface area contributed by atoms with E-state index in [-0.39, 0.29) is 0 Å². The summed E-state index contributed by atoms with van der Waals surface area (Å²) >= 11 is 0. The van der Waals surface area contributed by atoms with Crippen molar-refractivity contribution in [3.63, 3.8) is 0 Å². The Morgan fingerprint density at radius 1 is 1.36 bits per heavy atom. The van der Waals surface area contributed by atoms with Crippen molar-refractivity contribution < 1.29 is 5.11 Å². The largest absolute Gasteiger partial charge is 0.389 e. The Balaban J connectivity index is 2.13. The lowest BCUT2D eigenvalue weighted by atomic mass is 9.92. The van der Waals surface area contributed by atoms with E-state index in [9.17, 15) is 5.11 Å². The first-order chi connectivity index (χ1) is 6.52. The van der Waals surface area contributed by atoms with Gasteiger partial charge < -0.3 is 10.4 Å². The molecule has 0 aromatic rings. The molecule has 0 bridgehead atoms. The maximum Gasteiger partial charge on any atom is 0.0766 e. The summed E-state index contributed by atoms with van der Waals surface area (Å²) in [5.74, 6) is 1.18. The Labute approximate surface area is 88.1 Å². The molecular formula is C12H25NO. The molecule has 0 amide bonds. The summed E-state index contributed by atoms with van der Waals surface area (Å²) in [6.07, 6.45) is 5.54. The number of aliphatic hydroxyl groups is 1. The predicted molar refractivity (Wildman–Crippen MR) is 60.3 cm³/mol. The van der Waals surface area contributed by atoms with Crippen LogP contribution in [0.1, 0.15) is 46.5 Å². The lowest BCUT2D eigenvalue weighted by Crippen LogP contribution is -2.43. The van der Waals surface area contributed by atoms with Gasteiger partial charge in [-0.3, -0.25) is 0 Å². The summed E-state index contributed by atoms with van der Waals surface area (Å²) in [6.45, 7) is 7.86. The molecule has 1 aliphatic rings. The molecule has 1 aliphatic carbocycles. The topological polar surface area (TPSA) is 32.3 Å². The fourth-order valence-corrected chi connectivity index (χ4v) is 1.95. The van der Waals surface area contributed by atoms with Crippen LogP contribution in [0, 0.1) is 11.8 Å². The highest BCUT2D eigenvalue weighted by Gasteiger charge is 2.24. The molecule has 0 aromatic heterocycles. The number of hydrogen-bond acceptors (Lipinski definition) is 2. The minimum Gasteiger partial charge on any atom is -0.389 e. The van der Waals surface area contributed by atoms with Crippen LogP contribution in [0.5, 0.6) is 0 Å². The third-order valence-corrected chi connectivity index (χ3v) is 3.63. The summed E-state index contributed by atoms with van der Waals surface area (Å²) in [4.78, 5) is 0. The summed E-state index contributed by atoms with van der Waals surface area (Å²) < 4.78 is 0. The van der Waals surface area contributed by atoms with Gasteiger partial charge in [-0.25, -0.2) is 0 Å². The van der Waals surface area contributed by atoms with Crippen LogP contribution in [0.15, 0.2) is 0 Å². The van der Waals surface area contributed by atoms with Crippen LogP contribution < -0.4 is 5.32 Å². The smallest absolute Gasteiger partial charge is 0.0766 e. The van der Waals surface area contributed by atoms with Gasteiger partial charge >= 0.3 is 0 Å². The molecule has 1 saturated carbocycles. The summed E-state index contributed by atoms with van der Waals surface area (Å²) in [5, 5.41) is 13.4. The van der Waals surface area contributed by atoms with Gasteiger partial charge in [-0.15, -0.1) is 0 Å². The SMILES string of the molecule is CC(C)C(C)(O)CNCC1CCCC1. The van der Waals surface area contributed by atoms with E-state index in [1.807, 2.05) is 6.92 Å². The molecule has 0 aliphatic heterocycles. The van der Waals surface area contributed by atoms with Crippen LogP contribution in [0.2, 0.25) is 0 Å². The molecule has 1 rings (SSSR count). The van der Waals surface area contributed by atoms with Crippen LogP contribution in [0.4, 0.5) is 0 Å². The molecule has 14 heavy (non-hydrogen) atoms. The molecule has 0 heterocycles. The molecule has 1 fully saturated rings. The predicted octanol–water partition coefficient (Wildman–Crippen LogP) is 2.17. The normalized spacial score (nSPS) is 22.9. The fourth-order valence-electron chi connectivity index (χ4n) is 1.95. The van der Waals surface area contributed by atoms with E-state index in [1.165, 1.54) is 25.7 Å². The van der Waals surface area contributed by atoms with E-state index in [1.54, 1.807) is 0 Å². The zero-order chi connectivity index (χ0) is 10.6. The Morgan fingerprint density at radius 2 is 1.93 bits per heavy atom. The minimum absolute atomic E-state index is 0.318. The van der Waals surface area contributed by atoms with E-state index in [0.29, 0.717) is 5.92 Å². The van der Waals surface area contributed by atoms with E-state index >= 15 is 0 Å². The van der Waals surface area contributed by atoms with Crippen LogP contribution in [-0.4, -0.2) is 23.8 Å². The van der Waals surface area contributed by atoms with Crippen molar-refractivity contribution in [2.45, 2.75) is 52.1 Å². The molecule has 0 saturated heterocycles. The number of hydrogen-bond donors (Lipinski definition) is 2. The van der Waals surface area contributed by atoms with Gasteiger partial charge in [0.25, 0.3) is 0 Å². The lowest BCUT2D eigenvalue weighted by molar-refractivity contribution is 0.0136. The van der Waals surface area contributed by atoms with Crippen molar-refractivity contribution in [1.82, 2.24) is 5.32 Å². The molecule has 2 nitrogen and oxygen atoms in total. The average Bonchev–Trinajstić information content (AvgIpc) is 2.56. The Hall–Kier alpha value is -0.0800. The van der Waals surface area contributed by atoms with Crippen molar-refractivity contribution in [2.75, 3.05) is 13.1 Å². The van der Waals surface area contributed by atoms with E-state index in [0.717, 1.165) is 19.0 Å². The van der Waals surface area contributed by atoms with Crippen molar-refractivity contribution in [1.29, 1.82) is 0 Å². The first kappa shape index (κ1) is 12.0. The molecule has 1 atom stereocenters. The molecule has 2 heteroatoms. The second-order valence-corrected chi connectivity index (χ2v) is 5.29. The molecule has 0 radical (unpaired) electrons. The van der Waals surface area contributed by atoms with Gasteiger partial charge in [0.2, 0.25) is 0 Å². The van der Waals surface area contributed by atoms with Gasteiger partial charge in [0, 0.05) is 6.54 Å². The van der Waals surface area contributed by atoms with Gasteiger partial charge in [0.15, 0.2) is 0 Å². The molecule has 0 aromatic carbocycles. The minimum atomic E-state index is -0.557. The van der Waals surface area contributed by atoms with Crippen LogP contribution in [0.3, 0.4) is 0 Å². The van der Waals surface area contributed by atoms with Crippen LogP contribution in [0.25, 0.3) is 0 Å². The standard InChI is InChI=1S/C12H25NO/c1-10(2)12(3,14)9-13-8-11-6-4-5-7-11/h10-11,13-14H,4-9H2,1-3H3.